The summed E-state index contributed by atoms with van der Waals surface area (Å²) >= 11 is 7.05. The molecule has 8 heavy (non-hydrogen) atoms. The smallest absolute Gasteiger partial charge is 0.0385 e. The van der Waals surface area contributed by atoms with Crippen LogP contribution in [0.2, 0.25) is 0 Å². The largest absolute Gasteiger partial charge is 0.0621 e. The number of hydrogen-bond acceptors (Lipinski definition) is 0. The van der Waals surface area contributed by atoms with Gasteiger partial charge >= 0.3 is 0 Å². The van der Waals surface area contributed by atoms with Crippen LogP contribution in [0.25, 0.3) is 0 Å². The first-order valence-electron chi connectivity index (χ1n) is 2.19. The van der Waals surface area contributed by atoms with Gasteiger partial charge in [-0.05, 0) is 42.6 Å². The van der Waals surface area contributed by atoms with Crippen LogP contribution >= 0.6 is 35.3 Å². The topological polar surface area (TPSA) is 0 Å². The van der Waals surface area contributed by atoms with Crippen molar-refractivity contribution < 1.29 is 0 Å². The Morgan fingerprint density at radius 3 is 2.00 bits per heavy atom. The van der Waals surface area contributed by atoms with Crippen molar-refractivity contribution in [3.8, 4) is 0 Å². The first kappa shape index (κ1) is 6.85. The number of hydrogen-bond donors (Lipinski definition) is 0. The molecule has 44 valence electrons. The Morgan fingerprint density at radius 2 is 1.75 bits per heavy atom. The predicted octanol–water partition coefficient (Wildman–Crippen LogP) is 3.51. The van der Waals surface area contributed by atoms with Crippen LogP contribution in [-0.2, 0) is 0 Å². The van der Waals surface area contributed by atoms with Crippen molar-refractivity contribution in [2.24, 2.45) is 0 Å². The molecular weight excluding hydrogens is 251 g/mol. The molecule has 0 N–H and O–H groups in total. The van der Waals surface area contributed by atoms with Gasteiger partial charge in [-0.2, -0.15) is 0 Å². The maximum absolute atomic E-state index is 3.53. The van der Waals surface area contributed by atoms with Crippen LogP contribution in [0.4, 0.5) is 0 Å². The Labute approximate surface area is 65.1 Å². The molecule has 0 aromatic rings. The third-order valence-electron chi connectivity index (χ3n) is 0.792. The van der Waals surface area contributed by atoms with Gasteiger partial charge < -0.3 is 0 Å². The van der Waals surface area contributed by atoms with Gasteiger partial charge in [-0.3, -0.25) is 0 Å². The molecule has 0 saturated carbocycles. The maximum atomic E-state index is 3.53. The first-order valence-corrected chi connectivity index (χ1v) is 8.15. The van der Waals surface area contributed by atoms with E-state index in [4.69, 9.17) is 0 Å². The van der Waals surface area contributed by atoms with E-state index in [1.807, 2.05) is 18.2 Å². The average molecular weight is 256 g/mol. The molecule has 0 fully saturated rings. The van der Waals surface area contributed by atoms with Crippen LogP contribution in [0, 0.1) is 0 Å². The molecule has 0 aromatic heterocycles. The van der Waals surface area contributed by atoms with Gasteiger partial charge in [-0.15, -0.1) is 0 Å². The zero-order valence-corrected chi connectivity index (χ0v) is 8.16. The Morgan fingerprint density at radius 1 is 1.00 bits per heavy atom. The van der Waals surface area contributed by atoms with E-state index in [9.17, 15) is 0 Å². The van der Waals surface area contributed by atoms with Crippen molar-refractivity contribution in [3.63, 3.8) is 0 Å². The van der Waals surface area contributed by atoms with E-state index in [1.165, 1.54) is 0 Å². The fourth-order valence-corrected chi connectivity index (χ4v) is 2.84. The molecule has 1 aliphatic heterocycles. The Balaban J connectivity index is 3.00. The third kappa shape index (κ3) is 1.93. The monoisotopic (exact) mass is 254 g/mol. The second-order valence-corrected chi connectivity index (χ2v) is 13.2. The lowest BCUT2D eigenvalue weighted by Crippen LogP contribution is -1.66. The summed E-state index contributed by atoms with van der Waals surface area (Å²) in [6.07, 6.45) is 6.09. The highest BCUT2D eigenvalue weighted by atomic mass is 79.9. The van der Waals surface area contributed by atoms with Gasteiger partial charge in [-0.25, -0.2) is 0 Å². The van der Waals surface area contributed by atoms with E-state index in [0.717, 1.165) is 0 Å². The van der Waals surface area contributed by atoms with E-state index in [2.05, 4.69) is 42.6 Å². The quantitative estimate of drug-likeness (QED) is 0.581. The lowest BCUT2D eigenvalue weighted by Gasteiger charge is -2.02. The van der Waals surface area contributed by atoms with Gasteiger partial charge in [0.05, 0.1) is 0 Å². The number of halogens is 2. The molecule has 0 amide bonds. The molecule has 1 aliphatic rings. The van der Waals surface area contributed by atoms with Crippen LogP contribution < -0.4 is 0 Å². The van der Waals surface area contributed by atoms with E-state index in [0.29, 0.717) is 0 Å². The van der Waals surface area contributed by atoms with Crippen molar-refractivity contribution in [2.45, 2.75) is 0 Å². The van der Waals surface area contributed by atoms with E-state index in [1.54, 1.807) is 0 Å². The van der Waals surface area contributed by atoms with Crippen molar-refractivity contribution in [1.29, 1.82) is 0 Å². The van der Waals surface area contributed by atoms with Crippen LogP contribution in [0.5, 0.6) is 0 Å². The van der Waals surface area contributed by atoms with Gasteiger partial charge in [0.15, 0.2) is 0 Å². The average Bonchev–Trinajstić information content (AvgIpc) is 1.65. The van der Waals surface area contributed by atoms with Crippen molar-refractivity contribution in [3.05, 3.63) is 24.0 Å². The summed E-state index contributed by atoms with van der Waals surface area (Å²) in [6, 6.07) is 0. The second kappa shape index (κ2) is 2.55. The Bertz CT molecular complexity index is 185. The van der Waals surface area contributed by atoms with Crippen LogP contribution in [0.1, 0.15) is 0 Å². The summed E-state index contributed by atoms with van der Waals surface area (Å²) < 4.78 is -1.10. The van der Waals surface area contributed by atoms with E-state index in [-0.39, 0.29) is 0 Å². The molecule has 0 bridgehead atoms. The third-order valence-corrected chi connectivity index (χ3v) is 4.77. The summed E-state index contributed by atoms with van der Waals surface area (Å²) in [7, 11) is 0. The van der Waals surface area contributed by atoms with Crippen molar-refractivity contribution >= 4 is 41.1 Å². The normalized spacial score (nSPS) is 22.8. The molecule has 1 rings (SSSR count). The zero-order chi connectivity index (χ0) is 6.04. The fourth-order valence-electron chi connectivity index (χ4n) is 0.443. The first-order chi connectivity index (χ1) is 3.71. The minimum atomic E-state index is -1.10. The zero-order valence-electron chi connectivity index (χ0n) is 4.09. The molecular formula is C5H5Br2P. The number of allylic oxidation sites excluding steroid dienone is 3. The van der Waals surface area contributed by atoms with Gasteiger partial charge in [-0.1, -0.05) is 18.2 Å². The Kier molecular flexibility index (Phi) is 2.19. The fraction of sp³-hybridized carbons (Fsp3) is 0. The van der Waals surface area contributed by atoms with Crippen LogP contribution in [-0.4, -0.2) is 5.80 Å². The predicted molar refractivity (Wildman–Crippen MR) is 49.1 cm³/mol. The van der Waals surface area contributed by atoms with Gasteiger partial charge in [0, 0.05) is 4.29 Å². The van der Waals surface area contributed by atoms with Gasteiger partial charge in [0.25, 0.3) is 0 Å². The van der Waals surface area contributed by atoms with E-state index < -0.39 is 4.29 Å². The van der Waals surface area contributed by atoms with Gasteiger partial charge in [0.1, 0.15) is 0 Å². The van der Waals surface area contributed by atoms with Crippen LogP contribution in [0.15, 0.2) is 24.0 Å². The van der Waals surface area contributed by atoms with E-state index >= 15 is 0 Å². The standard InChI is InChI=1S/C5H5Br2P/c6-8(7)4-2-1-3-5-8/h1-5H. The molecule has 0 nitrogen and oxygen atoms in total. The molecule has 0 radical (unpaired) electrons. The molecule has 0 saturated heterocycles. The molecule has 3 heteroatoms. The summed E-state index contributed by atoms with van der Waals surface area (Å²) in [4.78, 5) is 0. The summed E-state index contributed by atoms with van der Waals surface area (Å²) in [5.74, 6) is 4.26. The van der Waals surface area contributed by atoms with Crippen molar-refractivity contribution in [1.82, 2.24) is 0 Å². The SMILES string of the molecule is BrP1(Br)=CC=CC=C1. The summed E-state index contributed by atoms with van der Waals surface area (Å²) in [6.45, 7) is 0. The molecule has 1 heterocycles. The summed E-state index contributed by atoms with van der Waals surface area (Å²) in [5, 5.41) is 0. The summed E-state index contributed by atoms with van der Waals surface area (Å²) in [5.41, 5.74) is 0. The van der Waals surface area contributed by atoms with Gasteiger partial charge in [0.2, 0.25) is 0 Å². The highest BCUT2D eigenvalue weighted by molar-refractivity contribution is 9.72. The molecule has 0 unspecified atom stereocenters. The van der Waals surface area contributed by atoms with Crippen molar-refractivity contribution in [2.75, 3.05) is 0 Å². The maximum Gasteiger partial charge on any atom is 0.0385 e. The highest BCUT2D eigenvalue weighted by Crippen LogP contribution is 2.64. The lowest BCUT2D eigenvalue weighted by atomic mass is 10.5. The molecule has 0 aliphatic carbocycles. The highest BCUT2D eigenvalue weighted by Gasteiger charge is 2.00. The molecule has 0 aromatic carbocycles. The van der Waals surface area contributed by atoms with Crippen LogP contribution in [0.3, 0.4) is 0 Å². The minimum Gasteiger partial charge on any atom is -0.0621 e. The minimum absolute atomic E-state index is 1.10. The molecule has 0 spiro atoms. The lowest BCUT2D eigenvalue weighted by molar-refractivity contribution is 2.06. The number of rotatable bonds is 0. The second-order valence-electron chi connectivity index (χ2n) is 1.48. The molecule has 0 atom stereocenters. The Hall–Kier alpha value is 0.740.